The van der Waals surface area contributed by atoms with Gasteiger partial charge in [0.25, 0.3) is 0 Å². The number of nitrogens with one attached hydrogen (secondary N) is 2. The van der Waals surface area contributed by atoms with Gasteiger partial charge in [-0.15, -0.1) is 24.0 Å². The number of benzene rings is 1. The molecule has 1 aliphatic carbocycles. The van der Waals surface area contributed by atoms with E-state index in [0.717, 1.165) is 25.6 Å². The van der Waals surface area contributed by atoms with Gasteiger partial charge in [-0.1, -0.05) is 24.3 Å². The van der Waals surface area contributed by atoms with E-state index < -0.39 is 0 Å². The van der Waals surface area contributed by atoms with Crippen LogP contribution in [0.1, 0.15) is 30.9 Å². The van der Waals surface area contributed by atoms with Crippen molar-refractivity contribution < 1.29 is 0 Å². The molecule has 0 bridgehead atoms. The molecular weight excluding hydrogens is 375 g/mol. The van der Waals surface area contributed by atoms with Crippen LogP contribution in [0.5, 0.6) is 0 Å². The third kappa shape index (κ3) is 7.13. The van der Waals surface area contributed by atoms with Gasteiger partial charge in [0.15, 0.2) is 5.96 Å². The van der Waals surface area contributed by atoms with E-state index in [-0.39, 0.29) is 24.0 Å². The number of halogens is 1. The van der Waals surface area contributed by atoms with Gasteiger partial charge in [-0.3, -0.25) is 0 Å². The summed E-state index contributed by atoms with van der Waals surface area (Å²) in [5.74, 6) is 0.938. The number of hydrogen-bond donors (Lipinski definition) is 2. The molecule has 0 saturated heterocycles. The predicted molar refractivity (Wildman–Crippen MR) is 100 cm³/mol. The molecule has 1 saturated carbocycles. The largest absolute Gasteiger partial charge is 0.357 e. The topological polar surface area (TPSA) is 39.7 Å². The Hall–Kier alpha value is -0.820. The summed E-state index contributed by atoms with van der Waals surface area (Å²) in [6.07, 6.45) is 2.53. The van der Waals surface area contributed by atoms with Crippen LogP contribution in [0, 0.1) is 0 Å². The van der Waals surface area contributed by atoms with Crippen molar-refractivity contribution >= 4 is 29.9 Å². The van der Waals surface area contributed by atoms with Gasteiger partial charge in [0.05, 0.1) is 6.54 Å². The van der Waals surface area contributed by atoms with Gasteiger partial charge in [0.1, 0.15) is 0 Å². The van der Waals surface area contributed by atoms with Crippen LogP contribution in [-0.2, 0) is 13.1 Å². The van der Waals surface area contributed by atoms with Crippen LogP contribution in [0.25, 0.3) is 0 Å². The summed E-state index contributed by atoms with van der Waals surface area (Å²) in [6.45, 7) is 4.70. The van der Waals surface area contributed by atoms with Crippen LogP contribution in [0.2, 0.25) is 0 Å². The van der Waals surface area contributed by atoms with Gasteiger partial charge in [-0.05, 0) is 45.0 Å². The maximum atomic E-state index is 4.66. The highest BCUT2D eigenvalue weighted by atomic mass is 127. The minimum absolute atomic E-state index is 0. The number of aliphatic imine (C=N–C) groups is 1. The van der Waals surface area contributed by atoms with E-state index in [4.69, 9.17) is 0 Å². The van der Waals surface area contributed by atoms with Gasteiger partial charge in [0, 0.05) is 19.1 Å². The number of nitrogens with zero attached hydrogens (tertiary/aromatic N) is 2. The highest BCUT2D eigenvalue weighted by Gasteiger charge is 2.21. The SMILES string of the molecule is CCNC(=NCc1cccc(CN(C)C)c1)NC1CC1.I. The molecule has 4 nitrogen and oxygen atoms in total. The quantitative estimate of drug-likeness (QED) is 0.437. The molecule has 0 aliphatic heterocycles. The first-order valence-corrected chi connectivity index (χ1v) is 7.44. The zero-order chi connectivity index (χ0) is 14.4. The molecule has 118 valence electrons. The highest BCUT2D eigenvalue weighted by molar-refractivity contribution is 14.0. The molecule has 0 amide bonds. The summed E-state index contributed by atoms with van der Waals surface area (Å²) in [4.78, 5) is 6.85. The summed E-state index contributed by atoms with van der Waals surface area (Å²) < 4.78 is 0. The van der Waals surface area contributed by atoms with Crippen molar-refractivity contribution in [3.05, 3.63) is 35.4 Å². The fourth-order valence-corrected chi connectivity index (χ4v) is 2.10. The molecule has 0 spiro atoms. The first kappa shape index (κ1) is 18.2. The summed E-state index contributed by atoms with van der Waals surface area (Å²) in [6, 6.07) is 9.30. The first-order valence-electron chi connectivity index (χ1n) is 7.44. The van der Waals surface area contributed by atoms with Gasteiger partial charge in [-0.2, -0.15) is 0 Å². The van der Waals surface area contributed by atoms with E-state index in [1.807, 2.05) is 0 Å². The normalized spacial score (nSPS) is 14.8. The number of hydrogen-bond acceptors (Lipinski definition) is 2. The summed E-state index contributed by atoms with van der Waals surface area (Å²) >= 11 is 0. The highest BCUT2D eigenvalue weighted by Crippen LogP contribution is 2.18. The smallest absolute Gasteiger partial charge is 0.191 e. The Morgan fingerprint density at radius 1 is 1.29 bits per heavy atom. The van der Waals surface area contributed by atoms with Crippen molar-refractivity contribution in [2.45, 2.75) is 38.9 Å². The first-order chi connectivity index (χ1) is 9.67. The molecule has 1 aromatic carbocycles. The van der Waals surface area contributed by atoms with Gasteiger partial charge >= 0.3 is 0 Å². The Kier molecular flexibility index (Phi) is 8.03. The van der Waals surface area contributed by atoms with Crippen molar-refractivity contribution in [3.8, 4) is 0 Å². The van der Waals surface area contributed by atoms with Crippen molar-refractivity contribution in [3.63, 3.8) is 0 Å². The van der Waals surface area contributed by atoms with Crippen LogP contribution >= 0.6 is 24.0 Å². The zero-order valence-electron chi connectivity index (χ0n) is 13.2. The second kappa shape index (κ2) is 9.25. The Bertz CT molecular complexity index is 455. The third-order valence-electron chi connectivity index (χ3n) is 3.17. The van der Waals surface area contributed by atoms with Crippen LogP contribution in [0.4, 0.5) is 0 Å². The molecule has 2 rings (SSSR count). The number of guanidine groups is 1. The monoisotopic (exact) mass is 402 g/mol. The predicted octanol–water partition coefficient (Wildman–Crippen LogP) is 2.58. The van der Waals surface area contributed by atoms with E-state index >= 15 is 0 Å². The van der Waals surface area contributed by atoms with Crippen molar-refractivity contribution in [2.75, 3.05) is 20.6 Å². The summed E-state index contributed by atoms with van der Waals surface area (Å²) in [7, 11) is 4.18. The maximum Gasteiger partial charge on any atom is 0.191 e. The van der Waals surface area contributed by atoms with E-state index in [9.17, 15) is 0 Å². The number of rotatable bonds is 6. The molecule has 1 aromatic rings. The lowest BCUT2D eigenvalue weighted by atomic mass is 10.1. The Morgan fingerprint density at radius 2 is 2.00 bits per heavy atom. The average molecular weight is 402 g/mol. The Balaban J connectivity index is 0.00000220. The minimum atomic E-state index is 0. The van der Waals surface area contributed by atoms with Gasteiger partial charge < -0.3 is 15.5 Å². The van der Waals surface area contributed by atoms with Gasteiger partial charge in [0.2, 0.25) is 0 Å². The fraction of sp³-hybridized carbons (Fsp3) is 0.562. The molecule has 21 heavy (non-hydrogen) atoms. The van der Waals surface area contributed by atoms with E-state index in [1.165, 1.54) is 24.0 Å². The Morgan fingerprint density at radius 3 is 2.62 bits per heavy atom. The molecule has 0 unspecified atom stereocenters. The molecule has 1 aliphatic rings. The molecule has 0 aromatic heterocycles. The zero-order valence-corrected chi connectivity index (χ0v) is 15.6. The van der Waals surface area contributed by atoms with E-state index in [1.54, 1.807) is 0 Å². The summed E-state index contributed by atoms with van der Waals surface area (Å²) in [5, 5.41) is 6.74. The second-order valence-electron chi connectivity index (χ2n) is 5.67. The lowest BCUT2D eigenvalue weighted by Crippen LogP contribution is -2.38. The van der Waals surface area contributed by atoms with Crippen molar-refractivity contribution in [1.29, 1.82) is 0 Å². The maximum absolute atomic E-state index is 4.66. The van der Waals surface area contributed by atoms with E-state index in [0.29, 0.717) is 6.04 Å². The fourth-order valence-electron chi connectivity index (χ4n) is 2.10. The average Bonchev–Trinajstić information content (AvgIpc) is 3.20. The Labute approximate surface area is 145 Å². The van der Waals surface area contributed by atoms with Crippen LogP contribution < -0.4 is 10.6 Å². The van der Waals surface area contributed by atoms with Crippen LogP contribution in [-0.4, -0.2) is 37.5 Å². The lowest BCUT2D eigenvalue weighted by molar-refractivity contribution is 0.402. The van der Waals surface area contributed by atoms with Crippen LogP contribution in [0.15, 0.2) is 29.3 Å². The molecular formula is C16H27IN4. The molecule has 1 fully saturated rings. The van der Waals surface area contributed by atoms with Crippen molar-refractivity contribution in [1.82, 2.24) is 15.5 Å². The molecule has 2 N–H and O–H groups in total. The van der Waals surface area contributed by atoms with Gasteiger partial charge in [-0.25, -0.2) is 4.99 Å². The summed E-state index contributed by atoms with van der Waals surface area (Å²) in [5.41, 5.74) is 2.60. The van der Waals surface area contributed by atoms with E-state index in [2.05, 4.69) is 65.8 Å². The van der Waals surface area contributed by atoms with Crippen molar-refractivity contribution in [2.24, 2.45) is 4.99 Å². The van der Waals surface area contributed by atoms with Crippen LogP contribution in [0.3, 0.4) is 0 Å². The standard InChI is InChI=1S/C16H26N4.HI/c1-4-17-16(19-15-8-9-15)18-11-13-6-5-7-14(10-13)12-20(2)3;/h5-7,10,15H,4,8-9,11-12H2,1-3H3,(H2,17,18,19);1H. The lowest BCUT2D eigenvalue weighted by Gasteiger charge is -2.12. The third-order valence-corrected chi connectivity index (χ3v) is 3.17. The molecule has 5 heteroatoms. The molecule has 0 radical (unpaired) electrons. The molecule has 0 heterocycles. The minimum Gasteiger partial charge on any atom is -0.357 e. The second-order valence-corrected chi connectivity index (χ2v) is 5.67. The molecule has 0 atom stereocenters.